The molecule has 4 aromatic heterocycles. The molecule has 0 saturated carbocycles. The average molecular weight is 527 g/mol. The van der Waals surface area contributed by atoms with Crippen molar-refractivity contribution in [1.82, 2.24) is 0 Å². The minimum Gasteiger partial charge on any atom is -0.218 e. The summed E-state index contributed by atoms with van der Waals surface area (Å²) in [7, 11) is -4.97. The normalized spacial score (nSPS) is 14.8. The second-order valence-corrected chi connectivity index (χ2v) is 19.8. The Morgan fingerprint density at radius 2 is 1.53 bits per heavy atom. The predicted octanol–water partition coefficient (Wildman–Crippen LogP) is 7.39. The number of fused-ring (bicyclic) bond motifs is 3. The van der Waals surface area contributed by atoms with E-state index in [1.54, 1.807) is 22.7 Å². The molecule has 4 aromatic rings. The van der Waals surface area contributed by atoms with Gasteiger partial charge in [-0.15, -0.1) is 56.9 Å². The minimum atomic E-state index is -3.41. The molecule has 1 aliphatic rings. The first-order valence-electron chi connectivity index (χ1n) is 9.39. The van der Waals surface area contributed by atoms with Crippen molar-refractivity contribution in [3.63, 3.8) is 0 Å². The van der Waals surface area contributed by atoms with Gasteiger partial charge < -0.3 is 0 Å². The number of hydrogen-bond donors (Lipinski definition) is 0. The molecule has 2 nitrogen and oxygen atoms in total. The van der Waals surface area contributed by atoms with Crippen LogP contribution in [0.3, 0.4) is 0 Å². The highest BCUT2D eigenvalue weighted by molar-refractivity contribution is 7.92. The molecule has 5 heterocycles. The van der Waals surface area contributed by atoms with Gasteiger partial charge in [-0.2, -0.15) is 0 Å². The van der Waals surface area contributed by atoms with Crippen LogP contribution in [0.5, 0.6) is 0 Å². The first-order valence-corrected chi connectivity index (χ1v) is 17.9. The van der Waals surface area contributed by atoms with Gasteiger partial charge in [0.2, 0.25) is 9.84 Å². The number of halogens is 1. The quantitative estimate of drug-likeness (QED) is 0.181. The Kier molecular flexibility index (Phi) is 5.02. The Balaban J connectivity index is 1.57. The fourth-order valence-electron chi connectivity index (χ4n) is 3.72. The highest BCUT2D eigenvalue weighted by Crippen LogP contribution is 2.56. The largest absolute Gasteiger partial charge is 0.218 e. The zero-order chi connectivity index (χ0) is 21.4. The molecule has 0 amide bonds. The maximum absolute atomic E-state index is 13.2. The number of rotatable bonds is 4. The molecule has 0 saturated heterocycles. The second-order valence-electron chi connectivity index (χ2n) is 8.14. The number of thiophene rings is 4. The van der Waals surface area contributed by atoms with E-state index < -0.39 is 17.9 Å². The van der Waals surface area contributed by atoms with Crippen LogP contribution >= 0.6 is 56.9 Å². The highest BCUT2D eigenvalue weighted by Gasteiger charge is 2.40. The molecule has 0 bridgehead atoms. The Morgan fingerprint density at radius 3 is 2.27 bits per heavy atom. The maximum Gasteiger partial charge on any atom is 0.210 e. The van der Waals surface area contributed by atoms with Crippen LogP contribution < -0.4 is 4.50 Å². The van der Waals surface area contributed by atoms with E-state index >= 15 is 0 Å². The third-order valence-corrected chi connectivity index (χ3v) is 18.9. The molecular weight excluding hydrogens is 508 g/mol. The topological polar surface area (TPSA) is 34.1 Å². The Bertz CT molecular complexity index is 1400. The van der Waals surface area contributed by atoms with Crippen molar-refractivity contribution in [2.24, 2.45) is 0 Å². The van der Waals surface area contributed by atoms with E-state index in [4.69, 9.17) is 11.6 Å². The summed E-state index contributed by atoms with van der Waals surface area (Å²) in [6.07, 6.45) is 0. The molecule has 0 radical (unpaired) electrons. The van der Waals surface area contributed by atoms with Crippen molar-refractivity contribution in [3.8, 4) is 29.3 Å². The van der Waals surface area contributed by atoms with Gasteiger partial charge in [-0.1, -0.05) is 19.2 Å². The molecule has 30 heavy (non-hydrogen) atoms. The van der Waals surface area contributed by atoms with E-state index in [1.165, 1.54) is 25.6 Å². The summed E-state index contributed by atoms with van der Waals surface area (Å²) < 4.78 is 27.8. The molecule has 5 rings (SSSR count). The number of aryl methyl sites for hydroxylation is 1. The Morgan fingerprint density at radius 1 is 0.867 bits per heavy atom. The summed E-state index contributed by atoms with van der Waals surface area (Å²) in [6, 6.07) is 8.71. The lowest BCUT2D eigenvalue weighted by Crippen LogP contribution is -2.41. The van der Waals surface area contributed by atoms with Gasteiger partial charge in [0, 0.05) is 25.0 Å². The van der Waals surface area contributed by atoms with Crippen LogP contribution in [0.1, 0.15) is 11.1 Å². The molecule has 0 fully saturated rings. The van der Waals surface area contributed by atoms with E-state index in [2.05, 4.69) is 37.4 Å². The Hall–Kier alpha value is -0.743. The first kappa shape index (κ1) is 21.1. The summed E-state index contributed by atoms with van der Waals surface area (Å²) in [4.78, 5) is 7.57. The van der Waals surface area contributed by atoms with Crippen LogP contribution in [0.15, 0.2) is 39.4 Å². The van der Waals surface area contributed by atoms with Crippen LogP contribution in [0.4, 0.5) is 0 Å². The minimum absolute atomic E-state index is 0.521. The zero-order valence-electron chi connectivity index (χ0n) is 16.8. The van der Waals surface area contributed by atoms with Gasteiger partial charge in [-0.3, -0.25) is 0 Å². The monoisotopic (exact) mass is 526 g/mol. The van der Waals surface area contributed by atoms with Crippen molar-refractivity contribution in [2.75, 3.05) is 5.50 Å². The van der Waals surface area contributed by atoms with E-state index in [-0.39, 0.29) is 0 Å². The maximum atomic E-state index is 13.2. The summed E-state index contributed by atoms with van der Waals surface area (Å²) in [5.74, 6) is 0. The molecule has 156 valence electrons. The van der Waals surface area contributed by atoms with Crippen LogP contribution in [-0.2, 0) is 9.84 Å². The highest BCUT2D eigenvalue weighted by atomic mass is 35.5. The number of sulfone groups is 1. The summed E-state index contributed by atoms with van der Waals surface area (Å²) >= 11 is 12.9. The lowest BCUT2D eigenvalue weighted by atomic mass is 10.2. The van der Waals surface area contributed by atoms with Gasteiger partial charge in [0.25, 0.3) is 0 Å². The number of alkyl halides is 1. The van der Waals surface area contributed by atoms with Crippen molar-refractivity contribution in [2.45, 2.75) is 36.7 Å². The van der Waals surface area contributed by atoms with Crippen LogP contribution in [-0.4, -0.2) is 22.0 Å². The number of hydrogen-bond acceptors (Lipinski definition) is 6. The molecule has 0 aromatic carbocycles. The van der Waals surface area contributed by atoms with Crippen molar-refractivity contribution in [1.29, 1.82) is 0 Å². The summed E-state index contributed by atoms with van der Waals surface area (Å²) in [6.45, 7) is 8.43. The molecule has 9 heteroatoms. The fourth-order valence-corrected chi connectivity index (χ4v) is 14.1. The lowest BCUT2D eigenvalue weighted by Gasteiger charge is -2.15. The van der Waals surface area contributed by atoms with Gasteiger partial charge in [0.15, 0.2) is 0 Å². The van der Waals surface area contributed by atoms with Crippen molar-refractivity contribution in [3.05, 3.63) is 40.8 Å². The standard InChI is InChI=1S/C21H19ClO2S5Si/c1-11-9-25-18-19-21(29(23,24)20(11)18)12(2)17(28-19)15-6-5-13(26-15)14-7-8-16(27-14)30(3,4)10-22/h5-9H,10H2,1-4H3. The zero-order valence-corrected chi connectivity index (χ0v) is 22.7. The van der Waals surface area contributed by atoms with Crippen molar-refractivity contribution >= 4 is 79.4 Å². The van der Waals surface area contributed by atoms with Crippen LogP contribution in [0.2, 0.25) is 13.1 Å². The molecule has 0 spiro atoms. The molecule has 0 N–H and O–H groups in total. The molecule has 0 unspecified atom stereocenters. The van der Waals surface area contributed by atoms with Gasteiger partial charge >= 0.3 is 0 Å². The van der Waals surface area contributed by atoms with Crippen molar-refractivity contribution < 1.29 is 8.42 Å². The molecular formula is C21H19ClO2S5Si. The second kappa shape index (κ2) is 7.13. The third-order valence-electron chi connectivity index (χ3n) is 5.43. The third kappa shape index (κ3) is 2.99. The lowest BCUT2D eigenvalue weighted by molar-refractivity contribution is 0.598. The van der Waals surface area contributed by atoms with E-state index in [9.17, 15) is 8.42 Å². The SMILES string of the molecule is Cc1csc2c1S(=O)(=O)c1c-2sc(-c2ccc(-c3ccc([Si](C)(C)CCl)s3)s2)c1C. The van der Waals surface area contributed by atoms with Crippen LogP contribution in [0.25, 0.3) is 29.3 Å². The fraction of sp³-hybridized carbons (Fsp3) is 0.238. The predicted molar refractivity (Wildman–Crippen MR) is 137 cm³/mol. The van der Waals surface area contributed by atoms with Gasteiger partial charge in [-0.05, 0) is 53.1 Å². The Labute approximate surface area is 198 Å². The first-order chi connectivity index (χ1) is 14.1. The van der Waals surface area contributed by atoms with Gasteiger partial charge in [-0.25, -0.2) is 8.42 Å². The molecule has 0 atom stereocenters. The van der Waals surface area contributed by atoms with Gasteiger partial charge in [0.05, 0.1) is 19.5 Å². The smallest absolute Gasteiger partial charge is 0.210 e. The van der Waals surface area contributed by atoms with Crippen LogP contribution in [0, 0.1) is 13.8 Å². The van der Waals surface area contributed by atoms with E-state index in [0.717, 1.165) is 36.1 Å². The van der Waals surface area contributed by atoms with Gasteiger partial charge in [0.1, 0.15) is 8.07 Å². The average Bonchev–Trinajstić information content (AvgIpc) is 3.47. The van der Waals surface area contributed by atoms with E-state index in [1.807, 2.05) is 30.6 Å². The summed E-state index contributed by atoms with van der Waals surface area (Å²) in [5.41, 5.74) is 2.46. The summed E-state index contributed by atoms with van der Waals surface area (Å²) in [5, 5.41) is 1.95. The van der Waals surface area contributed by atoms with E-state index in [0.29, 0.717) is 9.79 Å². The molecule has 0 aliphatic carbocycles. The molecule has 1 aliphatic heterocycles.